The van der Waals surface area contributed by atoms with Gasteiger partial charge in [-0.05, 0) is 36.5 Å². The van der Waals surface area contributed by atoms with Gasteiger partial charge in [0.1, 0.15) is 17.2 Å². The standard InChI is InChI=1S/C18H19ClFN5/c1-18(2)5-7-25(8-6-18)14-10-21-16-15(23-24-17(16)22-14)12-9-11(19)3-4-13(12)20/h3-4,9-10H,5-8H2,1-2H3,(H,22,23,24). The minimum absolute atomic E-state index is 0.344. The van der Waals surface area contributed by atoms with E-state index in [0.717, 1.165) is 31.7 Å². The van der Waals surface area contributed by atoms with Crippen molar-refractivity contribution in [2.24, 2.45) is 5.41 Å². The molecule has 0 bridgehead atoms. The van der Waals surface area contributed by atoms with Crippen molar-refractivity contribution in [3.8, 4) is 11.3 Å². The third-order valence-electron chi connectivity index (χ3n) is 4.89. The van der Waals surface area contributed by atoms with Crippen LogP contribution in [0.3, 0.4) is 0 Å². The molecule has 0 atom stereocenters. The van der Waals surface area contributed by atoms with Gasteiger partial charge >= 0.3 is 0 Å². The molecule has 1 aliphatic rings. The number of anilines is 1. The summed E-state index contributed by atoms with van der Waals surface area (Å²) in [4.78, 5) is 11.3. The van der Waals surface area contributed by atoms with Gasteiger partial charge in [-0.25, -0.2) is 14.4 Å². The van der Waals surface area contributed by atoms with Crippen LogP contribution in [0.1, 0.15) is 26.7 Å². The number of rotatable bonds is 2. The van der Waals surface area contributed by atoms with E-state index in [1.54, 1.807) is 12.3 Å². The number of fused-ring (bicyclic) bond motifs is 1. The van der Waals surface area contributed by atoms with Crippen LogP contribution in [0.4, 0.5) is 10.2 Å². The van der Waals surface area contributed by atoms with E-state index in [4.69, 9.17) is 11.6 Å². The first-order chi connectivity index (χ1) is 11.9. The van der Waals surface area contributed by atoms with E-state index >= 15 is 0 Å². The van der Waals surface area contributed by atoms with Crippen molar-refractivity contribution >= 4 is 28.6 Å². The normalized spacial score (nSPS) is 17.2. The van der Waals surface area contributed by atoms with Crippen molar-refractivity contribution in [1.29, 1.82) is 0 Å². The van der Waals surface area contributed by atoms with Crippen molar-refractivity contribution in [3.63, 3.8) is 0 Å². The SMILES string of the molecule is CC1(C)CCN(c2cnc3c(-c4cc(Cl)ccc4F)[nH]nc3n2)CC1. The molecule has 5 nitrogen and oxygen atoms in total. The van der Waals surface area contributed by atoms with Gasteiger partial charge in [0.25, 0.3) is 0 Å². The summed E-state index contributed by atoms with van der Waals surface area (Å²) in [5, 5.41) is 7.52. The Morgan fingerprint density at radius 2 is 2.00 bits per heavy atom. The zero-order valence-corrected chi connectivity index (χ0v) is 14.9. The number of H-pyrrole nitrogens is 1. The summed E-state index contributed by atoms with van der Waals surface area (Å²) in [5.41, 5.74) is 2.24. The van der Waals surface area contributed by atoms with Crippen molar-refractivity contribution in [3.05, 3.63) is 35.2 Å². The summed E-state index contributed by atoms with van der Waals surface area (Å²) < 4.78 is 14.1. The van der Waals surface area contributed by atoms with E-state index in [2.05, 4.69) is 38.9 Å². The summed E-state index contributed by atoms with van der Waals surface area (Å²) in [5.74, 6) is 0.437. The number of halogens is 2. The molecule has 1 N–H and O–H groups in total. The Kier molecular flexibility index (Phi) is 3.87. The van der Waals surface area contributed by atoms with Gasteiger partial charge in [0, 0.05) is 23.7 Å². The predicted molar refractivity (Wildman–Crippen MR) is 97.3 cm³/mol. The molecule has 0 amide bonds. The van der Waals surface area contributed by atoms with Crippen molar-refractivity contribution in [1.82, 2.24) is 20.2 Å². The van der Waals surface area contributed by atoms with E-state index in [1.807, 2.05) is 0 Å². The second-order valence-electron chi connectivity index (χ2n) is 7.27. The largest absolute Gasteiger partial charge is 0.355 e. The molecule has 3 aromatic rings. The topological polar surface area (TPSA) is 57.7 Å². The fraction of sp³-hybridized carbons (Fsp3) is 0.389. The Bertz CT molecular complexity index is 926. The van der Waals surface area contributed by atoms with Crippen LogP contribution in [-0.4, -0.2) is 33.3 Å². The molecule has 2 aromatic heterocycles. The molecule has 0 saturated carbocycles. The number of aromatic amines is 1. The quantitative estimate of drug-likeness (QED) is 0.735. The fourth-order valence-electron chi connectivity index (χ4n) is 3.16. The summed E-state index contributed by atoms with van der Waals surface area (Å²) in [6.45, 7) is 6.48. The molecule has 3 heterocycles. The number of aromatic nitrogens is 4. The van der Waals surface area contributed by atoms with Gasteiger partial charge in [0.05, 0.1) is 11.9 Å². The highest BCUT2D eigenvalue weighted by molar-refractivity contribution is 6.30. The molecule has 0 aliphatic carbocycles. The lowest BCUT2D eigenvalue weighted by Gasteiger charge is -2.37. The Labute approximate surface area is 150 Å². The van der Waals surface area contributed by atoms with Gasteiger partial charge in [0.2, 0.25) is 5.65 Å². The van der Waals surface area contributed by atoms with Gasteiger partial charge in [-0.1, -0.05) is 25.4 Å². The third-order valence-corrected chi connectivity index (χ3v) is 5.13. The lowest BCUT2D eigenvalue weighted by Crippen LogP contribution is -2.37. The highest BCUT2D eigenvalue weighted by Gasteiger charge is 2.26. The Hall–Kier alpha value is -2.21. The zero-order chi connectivity index (χ0) is 17.6. The molecule has 1 aliphatic heterocycles. The predicted octanol–water partition coefficient (Wildman–Crippen LogP) is 4.44. The molecule has 0 spiro atoms. The first-order valence-corrected chi connectivity index (χ1v) is 8.72. The smallest absolute Gasteiger partial charge is 0.202 e. The van der Waals surface area contributed by atoms with Crippen LogP contribution < -0.4 is 4.90 Å². The molecular formula is C18H19ClFN5. The van der Waals surface area contributed by atoms with Crippen LogP contribution in [0.15, 0.2) is 24.4 Å². The van der Waals surface area contributed by atoms with Crippen molar-refractivity contribution in [2.75, 3.05) is 18.0 Å². The molecule has 4 rings (SSSR count). The number of hydrogen-bond acceptors (Lipinski definition) is 4. The van der Waals surface area contributed by atoms with Crippen LogP contribution in [0.25, 0.3) is 22.4 Å². The average Bonchev–Trinajstić information content (AvgIpc) is 3.00. The van der Waals surface area contributed by atoms with E-state index < -0.39 is 0 Å². The summed E-state index contributed by atoms with van der Waals surface area (Å²) >= 11 is 5.99. The Balaban J connectivity index is 1.69. The van der Waals surface area contributed by atoms with Gasteiger partial charge in [-0.2, -0.15) is 5.10 Å². The average molecular weight is 360 g/mol. The Morgan fingerprint density at radius 1 is 1.24 bits per heavy atom. The van der Waals surface area contributed by atoms with Gasteiger partial charge < -0.3 is 4.90 Å². The molecule has 1 saturated heterocycles. The van der Waals surface area contributed by atoms with Crippen LogP contribution in [0.5, 0.6) is 0 Å². The fourth-order valence-corrected chi connectivity index (χ4v) is 3.33. The first kappa shape index (κ1) is 16.3. The van der Waals surface area contributed by atoms with E-state index in [0.29, 0.717) is 32.9 Å². The Morgan fingerprint density at radius 3 is 2.76 bits per heavy atom. The van der Waals surface area contributed by atoms with Gasteiger partial charge in [0.15, 0.2) is 0 Å². The lowest BCUT2D eigenvalue weighted by atomic mass is 9.83. The summed E-state index contributed by atoms with van der Waals surface area (Å²) in [6, 6.07) is 4.41. The van der Waals surface area contributed by atoms with Crippen LogP contribution in [0, 0.1) is 11.2 Å². The van der Waals surface area contributed by atoms with Crippen LogP contribution >= 0.6 is 11.6 Å². The summed E-state index contributed by atoms with van der Waals surface area (Å²) in [7, 11) is 0. The van der Waals surface area contributed by atoms with Crippen molar-refractivity contribution < 1.29 is 4.39 Å². The van der Waals surface area contributed by atoms with E-state index in [-0.39, 0.29) is 5.82 Å². The number of nitrogens with one attached hydrogen (secondary N) is 1. The van der Waals surface area contributed by atoms with Crippen molar-refractivity contribution in [2.45, 2.75) is 26.7 Å². The second-order valence-corrected chi connectivity index (χ2v) is 7.71. The molecular weight excluding hydrogens is 341 g/mol. The molecule has 0 unspecified atom stereocenters. The molecule has 25 heavy (non-hydrogen) atoms. The van der Waals surface area contributed by atoms with Crippen LogP contribution in [-0.2, 0) is 0 Å². The lowest BCUT2D eigenvalue weighted by molar-refractivity contribution is 0.279. The minimum atomic E-state index is -0.376. The van der Waals surface area contributed by atoms with Gasteiger partial charge in [-0.3, -0.25) is 5.10 Å². The molecule has 0 radical (unpaired) electrons. The molecule has 1 aromatic carbocycles. The van der Waals surface area contributed by atoms with Gasteiger partial charge in [-0.15, -0.1) is 0 Å². The molecule has 130 valence electrons. The van der Waals surface area contributed by atoms with Crippen LogP contribution in [0.2, 0.25) is 5.02 Å². The summed E-state index contributed by atoms with van der Waals surface area (Å²) in [6.07, 6.45) is 3.97. The third kappa shape index (κ3) is 3.06. The minimum Gasteiger partial charge on any atom is -0.355 e. The van der Waals surface area contributed by atoms with E-state index in [1.165, 1.54) is 12.1 Å². The van der Waals surface area contributed by atoms with E-state index in [9.17, 15) is 4.39 Å². The number of hydrogen-bond donors (Lipinski definition) is 1. The number of piperidine rings is 1. The number of benzene rings is 1. The maximum Gasteiger partial charge on any atom is 0.202 e. The maximum atomic E-state index is 14.1. The zero-order valence-electron chi connectivity index (χ0n) is 14.2. The molecule has 1 fully saturated rings. The highest BCUT2D eigenvalue weighted by Crippen LogP contribution is 2.33. The number of nitrogens with zero attached hydrogens (tertiary/aromatic N) is 4. The second kappa shape index (κ2) is 5.95. The first-order valence-electron chi connectivity index (χ1n) is 8.34. The monoisotopic (exact) mass is 359 g/mol. The highest BCUT2D eigenvalue weighted by atomic mass is 35.5. The maximum absolute atomic E-state index is 14.1. The molecule has 7 heteroatoms.